The molecular weight excluding hydrogens is 319 g/mol. The summed E-state index contributed by atoms with van der Waals surface area (Å²) in [7, 11) is 0. The van der Waals surface area contributed by atoms with Gasteiger partial charge in [0.2, 0.25) is 0 Å². The summed E-state index contributed by atoms with van der Waals surface area (Å²) in [6.45, 7) is 0. The van der Waals surface area contributed by atoms with Gasteiger partial charge < -0.3 is 10.4 Å². The van der Waals surface area contributed by atoms with Gasteiger partial charge >= 0.3 is 0 Å². The molecule has 9 heteroatoms. The monoisotopic (exact) mass is 321 g/mol. The van der Waals surface area contributed by atoms with Crippen LogP contribution in [-0.4, -0.2) is 20.6 Å². The second-order valence-corrected chi connectivity index (χ2v) is 0.476. The first-order valence-corrected chi connectivity index (χ1v) is 1.13. The summed E-state index contributed by atoms with van der Waals surface area (Å²) >= 11 is 0. The Morgan fingerprint density at radius 3 is 1.00 bits per heavy atom. The first-order chi connectivity index (χ1) is 3.46. The maximum atomic E-state index is 8.36. The maximum Gasteiger partial charge on any atom is 0.291 e. The van der Waals surface area contributed by atoms with E-state index in [0.29, 0.717) is 0 Å². The van der Waals surface area contributed by atoms with E-state index in [1.807, 2.05) is 0 Å². The fraction of sp³-hybridized carbons (Fsp3) is 0. The fourth-order valence-electron chi connectivity index (χ4n) is 0. The zero-order chi connectivity index (χ0) is 7.15. The van der Waals surface area contributed by atoms with Crippen molar-refractivity contribution in [1.82, 2.24) is 0 Å². The molecule has 9 heavy (non-hydrogen) atoms. The molecular formula is H2N2O6Pt. The Morgan fingerprint density at radius 2 is 1.00 bits per heavy atom. The molecule has 0 aromatic rings. The van der Waals surface area contributed by atoms with E-state index >= 15 is 0 Å². The van der Waals surface area contributed by atoms with Gasteiger partial charge in [0, 0.05) is 21.1 Å². The van der Waals surface area contributed by atoms with Crippen molar-refractivity contribution in [3.05, 3.63) is 20.2 Å². The molecule has 8 nitrogen and oxygen atoms in total. The minimum absolute atomic E-state index is 0. The summed E-state index contributed by atoms with van der Waals surface area (Å²) in [4.78, 5) is 16.7. The van der Waals surface area contributed by atoms with Gasteiger partial charge in [0.05, 0.1) is 0 Å². The van der Waals surface area contributed by atoms with Gasteiger partial charge in [0.25, 0.3) is 10.2 Å². The number of hydrogen-bond donors (Lipinski definition) is 2. The van der Waals surface area contributed by atoms with Crippen LogP contribution in [-0.2, 0) is 21.1 Å². The molecule has 0 saturated heterocycles. The molecule has 0 aliphatic heterocycles. The predicted octanol–water partition coefficient (Wildman–Crippen LogP) is -0.698. The van der Waals surface area contributed by atoms with Crippen molar-refractivity contribution in [2.24, 2.45) is 0 Å². The molecule has 0 fully saturated rings. The molecule has 0 aromatic heterocycles. The molecule has 0 aliphatic rings. The Labute approximate surface area is 62.6 Å². The Kier molecular flexibility index (Phi) is 17.7. The second-order valence-electron chi connectivity index (χ2n) is 0.476. The van der Waals surface area contributed by atoms with E-state index in [1.54, 1.807) is 0 Å². The molecule has 0 aromatic carbocycles. The number of rotatable bonds is 0. The van der Waals surface area contributed by atoms with Gasteiger partial charge in [0.1, 0.15) is 0 Å². The zero-order valence-corrected chi connectivity index (χ0v) is 6.01. The zero-order valence-electron chi connectivity index (χ0n) is 3.74. The molecule has 2 N–H and O–H groups in total. The smallest absolute Gasteiger partial charge is 0.291 e. The van der Waals surface area contributed by atoms with Gasteiger partial charge in [-0.05, 0) is 0 Å². The van der Waals surface area contributed by atoms with Crippen LogP contribution in [0, 0.1) is 20.2 Å². The van der Waals surface area contributed by atoms with Crippen LogP contribution in [0.4, 0.5) is 0 Å². The average Bonchev–Trinajstić information content (AvgIpc) is 1.25. The minimum atomic E-state index is -1.50. The van der Waals surface area contributed by atoms with E-state index in [4.69, 9.17) is 30.6 Å². The first kappa shape index (κ1) is 15.7. The quantitative estimate of drug-likeness (QED) is 0.449. The molecule has 0 radical (unpaired) electrons. The van der Waals surface area contributed by atoms with Crippen LogP contribution in [0.25, 0.3) is 0 Å². The SMILES string of the molecule is O=[N+]([O-])O.O=[N+]([O-])O.[Pt]. The normalized spacial score (nSPS) is 5.33. The molecule has 0 rings (SSSR count). The summed E-state index contributed by atoms with van der Waals surface area (Å²) < 4.78 is 0. The summed E-state index contributed by atoms with van der Waals surface area (Å²) in [5.41, 5.74) is 0. The fourth-order valence-corrected chi connectivity index (χ4v) is 0. The van der Waals surface area contributed by atoms with Crippen LogP contribution < -0.4 is 0 Å². The van der Waals surface area contributed by atoms with Gasteiger partial charge in [-0.3, -0.25) is 0 Å². The van der Waals surface area contributed by atoms with Gasteiger partial charge in [-0.15, -0.1) is 20.2 Å². The largest absolute Gasteiger partial charge is 0.328 e. The third kappa shape index (κ3) is 221. The van der Waals surface area contributed by atoms with E-state index in [1.165, 1.54) is 0 Å². The Balaban J connectivity index is -0.0000000720. The van der Waals surface area contributed by atoms with Crippen molar-refractivity contribution < 1.29 is 41.7 Å². The van der Waals surface area contributed by atoms with E-state index < -0.39 is 10.2 Å². The molecule has 0 spiro atoms. The van der Waals surface area contributed by atoms with E-state index in [9.17, 15) is 0 Å². The summed E-state index contributed by atoms with van der Waals surface area (Å²) in [6, 6.07) is 0. The molecule has 0 unspecified atom stereocenters. The second kappa shape index (κ2) is 10.1. The van der Waals surface area contributed by atoms with Crippen LogP contribution in [0.1, 0.15) is 0 Å². The van der Waals surface area contributed by atoms with Crippen molar-refractivity contribution in [2.45, 2.75) is 0 Å². The Morgan fingerprint density at radius 1 is 1.00 bits per heavy atom. The van der Waals surface area contributed by atoms with E-state index in [0.717, 1.165) is 0 Å². The first-order valence-electron chi connectivity index (χ1n) is 1.13. The molecule has 0 heterocycles. The van der Waals surface area contributed by atoms with Gasteiger partial charge in [-0.1, -0.05) is 0 Å². The van der Waals surface area contributed by atoms with E-state index in [2.05, 4.69) is 0 Å². The predicted molar refractivity (Wildman–Crippen MR) is 17.6 cm³/mol. The Bertz CT molecular complexity index is 69.1. The van der Waals surface area contributed by atoms with Crippen LogP contribution in [0.15, 0.2) is 0 Å². The standard InChI is InChI=1S/2HNO3.Pt/c2*2-1(3)4;/h2*(H,2,3,4);. The molecule has 0 bridgehead atoms. The summed E-state index contributed by atoms with van der Waals surface area (Å²) in [5.74, 6) is 0. The van der Waals surface area contributed by atoms with Gasteiger partial charge in [0.15, 0.2) is 0 Å². The van der Waals surface area contributed by atoms with Crippen molar-refractivity contribution in [3.8, 4) is 0 Å². The van der Waals surface area contributed by atoms with Crippen LogP contribution in [0.3, 0.4) is 0 Å². The molecule has 58 valence electrons. The van der Waals surface area contributed by atoms with Crippen molar-refractivity contribution in [1.29, 1.82) is 0 Å². The van der Waals surface area contributed by atoms with Crippen LogP contribution >= 0.6 is 0 Å². The maximum absolute atomic E-state index is 8.36. The van der Waals surface area contributed by atoms with Crippen molar-refractivity contribution in [3.63, 3.8) is 0 Å². The third-order valence-corrected chi connectivity index (χ3v) is 0. The number of hydrogen-bond acceptors (Lipinski definition) is 4. The molecule has 0 amide bonds. The van der Waals surface area contributed by atoms with Crippen molar-refractivity contribution in [2.75, 3.05) is 0 Å². The molecule has 0 atom stereocenters. The molecule has 0 saturated carbocycles. The van der Waals surface area contributed by atoms with Crippen LogP contribution in [0.2, 0.25) is 0 Å². The molecule has 0 aliphatic carbocycles. The van der Waals surface area contributed by atoms with E-state index in [-0.39, 0.29) is 21.1 Å². The van der Waals surface area contributed by atoms with Gasteiger partial charge in [-0.2, -0.15) is 0 Å². The average molecular weight is 321 g/mol. The minimum Gasteiger partial charge on any atom is -0.328 e. The van der Waals surface area contributed by atoms with Gasteiger partial charge in [-0.25, -0.2) is 0 Å². The Hall–Kier alpha value is -0.912. The topological polar surface area (TPSA) is 127 Å². The third-order valence-electron chi connectivity index (χ3n) is 0. The summed E-state index contributed by atoms with van der Waals surface area (Å²) in [5, 5.41) is 27.3. The summed E-state index contributed by atoms with van der Waals surface area (Å²) in [6.07, 6.45) is 0. The number of nitrogens with zero attached hydrogens (tertiary/aromatic N) is 2. The van der Waals surface area contributed by atoms with Crippen molar-refractivity contribution >= 4 is 0 Å². The van der Waals surface area contributed by atoms with Crippen LogP contribution in [0.5, 0.6) is 0 Å².